The molecule has 100 valence electrons. The summed E-state index contributed by atoms with van der Waals surface area (Å²) in [4.78, 5) is 10.6. The molecule has 0 spiro atoms. The largest absolute Gasteiger partial charge is 0.446 e. The molecule has 5 N–H and O–H groups in total. The van der Waals surface area contributed by atoms with Crippen LogP contribution >= 0.6 is 11.6 Å². The molecular formula is C11H14ClNO5. The second kappa shape index (κ2) is 6.01. The van der Waals surface area contributed by atoms with Crippen molar-refractivity contribution < 1.29 is 24.9 Å². The van der Waals surface area contributed by atoms with Crippen LogP contribution in [0.2, 0.25) is 5.02 Å². The summed E-state index contributed by atoms with van der Waals surface area (Å²) in [5.41, 5.74) is 2.92. The van der Waals surface area contributed by atoms with Crippen LogP contribution in [0.15, 0.2) is 24.3 Å². The number of amides is 1. The van der Waals surface area contributed by atoms with Crippen LogP contribution in [0, 0.1) is 0 Å². The summed E-state index contributed by atoms with van der Waals surface area (Å²) in [6.45, 7) is -1.35. The smallest absolute Gasteiger partial charge is 0.404 e. The van der Waals surface area contributed by atoms with Gasteiger partial charge in [-0.05, 0) is 6.07 Å². The van der Waals surface area contributed by atoms with Crippen LogP contribution in [0.3, 0.4) is 0 Å². The number of hydrogen-bond donors (Lipinski definition) is 4. The van der Waals surface area contributed by atoms with E-state index in [1.165, 1.54) is 12.1 Å². The maximum Gasteiger partial charge on any atom is 0.404 e. The number of ether oxygens (including phenoxy) is 1. The Balaban J connectivity index is 3.12. The van der Waals surface area contributed by atoms with Crippen molar-refractivity contribution in [3.8, 4) is 0 Å². The van der Waals surface area contributed by atoms with Gasteiger partial charge in [-0.2, -0.15) is 0 Å². The molecule has 0 heterocycles. The van der Waals surface area contributed by atoms with E-state index in [9.17, 15) is 15.0 Å². The Labute approximate surface area is 109 Å². The van der Waals surface area contributed by atoms with Gasteiger partial charge in [-0.25, -0.2) is 4.79 Å². The molecule has 2 atom stereocenters. The van der Waals surface area contributed by atoms with Gasteiger partial charge in [0, 0.05) is 10.6 Å². The molecule has 1 amide bonds. The van der Waals surface area contributed by atoms with Crippen LogP contribution in [-0.4, -0.2) is 40.7 Å². The summed E-state index contributed by atoms with van der Waals surface area (Å²) in [7, 11) is 0. The molecule has 0 aromatic heterocycles. The number of benzene rings is 1. The number of hydrogen-bond acceptors (Lipinski definition) is 5. The zero-order valence-corrected chi connectivity index (χ0v) is 10.2. The van der Waals surface area contributed by atoms with E-state index in [0.29, 0.717) is 0 Å². The highest BCUT2D eigenvalue weighted by atomic mass is 35.5. The summed E-state index contributed by atoms with van der Waals surface area (Å²) in [6, 6.07) is 6.16. The molecule has 18 heavy (non-hydrogen) atoms. The normalized spacial score (nSPS) is 15.8. The van der Waals surface area contributed by atoms with Crippen molar-refractivity contribution >= 4 is 17.7 Å². The first-order chi connectivity index (χ1) is 8.41. The van der Waals surface area contributed by atoms with Gasteiger partial charge < -0.3 is 25.8 Å². The molecule has 7 heteroatoms. The molecule has 1 aromatic rings. The fourth-order valence-corrected chi connectivity index (χ4v) is 1.80. The van der Waals surface area contributed by atoms with E-state index < -0.39 is 31.0 Å². The molecule has 0 saturated heterocycles. The second-order valence-corrected chi connectivity index (χ2v) is 4.12. The Morgan fingerprint density at radius 1 is 1.50 bits per heavy atom. The maximum absolute atomic E-state index is 10.6. The monoisotopic (exact) mass is 275 g/mol. The Kier molecular flexibility index (Phi) is 4.92. The third kappa shape index (κ3) is 3.11. The van der Waals surface area contributed by atoms with E-state index in [0.717, 1.165) is 0 Å². The minimum atomic E-state index is -2.03. The number of carbonyl (C=O) groups is 1. The predicted octanol–water partition coefficient (Wildman–Crippen LogP) is -0.0239. The molecule has 0 saturated carbocycles. The minimum absolute atomic E-state index is 0.134. The van der Waals surface area contributed by atoms with Gasteiger partial charge in [-0.3, -0.25) is 0 Å². The third-order valence-electron chi connectivity index (χ3n) is 2.50. The van der Waals surface area contributed by atoms with Crippen molar-refractivity contribution in [2.75, 3.05) is 13.2 Å². The number of aliphatic hydroxyl groups excluding tert-OH is 2. The van der Waals surface area contributed by atoms with E-state index in [-0.39, 0.29) is 10.6 Å². The number of aliphatic hydroxyl groups is 3. The quantitative estimate of drug-likeness (QED) is 0.603. The lowest BCUT2D eigenvalue weighted by Gasteiger charge is -2.32. The zero-order valence-electron chi connectivity index (χ0n) is 9.41. The van der Waals surface area contributed by atoms with Gasteiger partial charge in [0.25, 0.3) is 0 Å². The van der Waals surface area contributed by atoms with Crippen LogP contribution in [0.1, 0.15) is 5.56 Å². The van der Waals surface area contributed by atoms with Gasteiger partial charge in [-0.15, -0.1) is 0 Å². The van der Waals surface area contributed by atoms with E-state index in [4.69, 9.17) is 22.4 Å². The number of rotatable bonds is 5. The Hall–Kier alpha value is -1.34. The van der Waals surface area contributed by atoms with E-state index >= 15 is 0 Å². The van der Waals surface area contributed by atoms with E-state index in [2.05, 4.69) is 4.74 Å². The minimum Gasteiger partial charge on any atom is -0.446 e. The van der Waals surface area contributed by atoms with Gasteiger partial charge in [0.15, 0.2) is 5.60 Å². The summed E-state index contributed by atoms with van der Waals surface area (Å²) >= 11 is 5.90. The van der Waals surface area contributed by atoms with E-state index in [1.54, 1.807) is 12.1 Å². The summed E-state index contributed by atoms with van der Waals surface area (Å²) in [5, 5.41) is 29.2. The average molecular weight is 276 g/mol. The molecular weight excluding hydrogens is 262 g/mol. The molecule has 0 bridgehead atoms. The molecule has 0 aliphatic heterocycles. The van der Waals surface area contributed by atoms with Crippen LogP contribution in [0.4, 0.5) is 4.79 Å². The van der Waals surface area contributed by atoms with Gasteiger partial charge in [0.05, 0.1) is 6.61 Å². The van der Waals surface area contributed by atoms with Crippen molar-refractivity contribution in [3.05, 3.63) is 34.9 Å². The third-order valence-corrected chi connectivity index (χ3v) is 2.83. The van der Waals surface area contributed by atoms with Gasteiger partial charge in [-0.1, -0.05) is 29.8 Å². The van der Waals surface area contributed by atoms with Gasteiger partial charge >= 0.3 is 6.09 Å². The fourth-order valence-electron chi connectivity index (χ4n) is 1.50. The lowest BCUT2D eigenvalue weighted by atomic mass is 9.89. The van der Waals surface area contributed by atoms with Crippen molar-refractivity contribution in [2.45, 2.75) is 11.7 Å². The maximum atomic E-state index is 10.6. The second-order valence-electron chi connectivity index (χ2n) is 3.71. The van der Waals surface area contributed by atoms with Gasteiger partial charge in [0.2, 0.25) is 0 Å². The van der Waals surface area contributed by atoms with Crippen LogP contribution in [0.5, 0.6) is 0 Å². The predicted molar refractivity (Wildman–Crippen MR) is 64.0 cm³/mol. The van der Waals surface area contributed by atoms with E-state index in [1.807, 2.05) is 0 Å². The summed E-state index contributed by atoms with van der Waals surface area (Å²) in [5.74, 6) is 0. The highest BCUT2D eigenvalue weighted by Crippen LogP contribution is 2.31. The number of primary amides is 1. The van der Waals surface area contributed by atoms with Gasteiger partial charge in [0.1, 0.15) is 12.7 Å². The molecule has 6 nitrogen and oxygen atoms in total. The van der Waals surface area contributed by atoms with Crippen molar-refractivity contribution in [2.24, 2.45) is 5.73 Å². The Bertz CT molecular complexity index is 428. The first-order valence-corrected chi connectivity index (χ1v) is 5.48. The van der Waals surface area contributed by atoms with Crippen LogP contribution in [-0.2, 0) is 10.3 Å². The SMILES string of the molecule is NC(=O)OCC(O)(c1ccccc1Cl)C(O)CO. The highest BCUT2D eigenvalue weighted by molar-refractivity contribution is 6.31. The highest BCUT2D eigenvalue weighted by Gasteiger charge is 2.40. The standard InChI is InChI=1S/C11H14ClNO5/c12-8-4-2-1-3-7(8)11(17,9(15)5-14)6-18-10(13)16/h1-4,9,14-15,17H,5-6H2,(H2,13,16). The first kappa shape index (κ1) is 14.7. The fraction of sp³-hybridized carbons (Fsp3) is 0.364. The van der Waals surface area contributed by atoms with Crippen molar-refractivity contribution in [1.29, 1.82) is 0 Å². The van der Waals surface area contributed by atoms with Crippen molar-refractivity contribution in [1.82, 2.24) is 0 Å². The number of carbonyl (C=O) groups excluding carboxylic acids is 1. The zero-order chi connectivity index (χ0) is 13.8. The molecule has 1 rings (SSSR count). The van der Waals surface area contributed by atoms with Crippen molar-refractivity contribution in [3.63, 3.8) is 0 Å². The summed E-state index contributed by atoms with van der Waals surface area (Å²) in [6.07, 6.45) is -2.68. The number of halogens is 1. The molecule has 1 aromatic carbocycles. The number of nitrogens with two attached hydrogens (primary N) is 1. The molecule has 0 radical (unpaired) electrons. The topological polar surface area (TPSA) is 113 Å². The molecule has 2 unspecified atom stereocenters. The molecule has 0 aliphatic rings. The summed E-state index contributed by atoms with van der Waals surface area (Å²) < 4.78 is 4.50. The Morgan fingerprint density at radius 2 is 2.11 bits per heavy atom. The average Bonchev–Trinajstić information content (AvgIpc) is 2.35. The molecule has 0 fully saturated rings. The van der Waals surface area contributed by atoms with Crippen LogP contribution in [0.25, 0.3) is 0 Å². The molecule has 0 aliphatic carbocycles. The Morgan fingerprint density at radius 3 is 2.61 bits per heavy atom. The van der Waals surface area contributed by atoms with Crippen LogP contribution < -0.4 is 5.73 Å². The first-order valence-electron chi connectivity index (χ1n) is 5.10. The lowest BCUT2D eigenvalue weighted by molar-refractivity contribution is -0.126. The lowest BCUT2D eigenvalue weighted by Crippen LogP contribution is -2.46.